The summed E-state index contributed by atoms with van der Waals surface area (Å²) in [6.45, 7) is 6.03. The fourth-order valence-corrected chi connectivity index (χ4v) is 3.59. The van der Waals surface area contributed by atoms with Gasteiger partial charge in [-0.1, -0.05) is 0 Å². The van der Waals surface area contributed by atoms with Crippen LogP contribution in [0.2, 0.25) is 0 Å². The van der Waals surface area contributed by atoms with Crippen molar-refractivity contribution in [3.63, 3.8) is 0 Å². The van der Waals surface area contributed by atoms with E-state index in [0.29, 0.717) is 11.5 Å². The molecule has 146 valence electrons. The smallest absolute Gasteiger partial charge is 0.155 e. The molecule has 0 amide bonds. The van der Waals surface area contributed by atoms with Gasteiger partial charge in [-0.3, -0.25) is 14.6 Å². The third kappa shape index (κ3) is 3.73. The highest BCUT2D eigenvalue weighted by molar-refractivity contribution is 5.72. The summed E-state index contributed by atoms with van der Waals surface area (Å²) in [4.78, 5) is 13.2. The Bertz CT molecular complexity index is 979. The molecule has 0 saturated carbocycles. The van der Waals surface area contributed by atoms with E-state index in [2.05, 4.69) is 31.1 Å². The minimum Gasteiger partial charge on any atom is -0.352 e. The van der Waals surface area contributed by atoms with Gasteiger partial charge in [0.1, 0.15) is 17.3 Å². The molecule has 1 saturated heterocycles. The predicted molar refractivity (Wildman–Crippen MR) is 103 cm³/mol. The molecule has 8 heteroatoms. The van der Waals surface area contributed by atoms with Crippen molar-refractivity contribution in [3.05, 3.63) is 59.7 Å². The summed E-state index contributed by atoms with van der Waals surface area (Å²) in [5.74, 6) is -0.414. The molecule has 0 spiro atoms. The van der Waals surface area contributed by atoms with Gasteiger partial charge in [0.05, 0.1) is 5.69 Å². The van der Waals surface area contributed by atoms with Crippen molar-refractivity contribution in [2.75, 3.05) is 31.1 Å². The Labute approximate surface area is 162 Å². The zero-order chi connectivity index (χ0) is 19.7. The van der Waals surface area contributed by atoms with Crippen LogP contribution in [0.4, 0.5) is 14.6 Å². The maximum absolute atomic E-state index is 14.3. The molecule has 1 fully saturated rings. The normalized spacial score (nSPS) is 15.2. The Morgan fingerprint density at radius 3 is 2.50 bits per heavy atom. The van der Waals surface area contributed by atoms with Crippen molar-refractivity contribution in [3.8, 4) is 11.3 Å². The maximum Gasteiger partial charge on any atom is 0.155 e. The van der Waals surface area contributed by atoms with Crippen LogP contribution in [0.3, 0.4) is 0 Å². The molecule has 0 radical (unpaired) electrons. The highest BCUT2D eigenvalue weighted by atomic mass is 19.1. The van der Waals surface area contributed by atoms with Crippen molar-refractivity contribution in [1.82, 2.24) is 24.6 Å². The average Bonchev–Trinajstić information content (AvgIpc) is 3.01. The molecule has 4 rings (SSSR count). The molecule has 0 N–H and O–H groups in total. The van der Waals surface area contributed by atoms with E-state index in [1.54, 1.807) is 6.20 Å². The summed E-state index contributed by atoms with van der Waals surface area (Å²) < 4.78 is 29.8. The van der Waals surface area contributed by atoms with Gasteiger partial charge in [0.15, 0.2) is 5.82 Å². The van der Waals surface area contributed by atoms with Crippen LogP contribution in [0.25, 0.3) is 11.3 Å². The lowest BCUT2D eigenvalue weighted by Gasteiger charge is -2.35. The maximum atomic E-state index is 14.3. The SMILES string of the molecule is Cc1nn(C)cc1CN1CCN(c2nccnc2-c2cc(F)ccc2F)CC1. The largest absolute Gasteiger partial charge is 0.352 e. The number of halogens is 2. The summed E-state index contributed by atoms with van der Waals surface area (Å²) in [6, 6.07) is 3.40. The Morgan fingerprint density at radius 2 is 1.79 bits per heavy atom. The molecule has 1 aliphatic heterocycles. The summed E-state index contributed by atoms with van der Waals surface area (Å²) in [6.07, 6.45) is 5.14. The van der Waals surface area contributed by atoms with E-state index >= 15 is 0 Å². The van der Waals surface area contributed by atoms with E-state index in [-0.39, 0.29) is 5.56 Å². The topological polar surface area (TPSA) is 50.1 Å². The monoisotopic (exact) mass is 384 g/mol. The van der Waals surface area contributed by atoms with Crippen LogP contribution >= 0.6 is 0 Å². The molecule has 2 aromatic heterocycles. The number of rotatable bonds is 4. The number of anilines is 1. The molecule has 1 aromatic carbocycles. The zero-order valence-electron chi connectivity index (χ0n) is 15.9. The minimum atomic E-state index is -0.506. The number of hydrogen-bond donors (Lipinski definition) is 0. The quantitative estimate of drug-likeness (QED) is 0.692. The fourth-order valence-electron chi connectivity index (χ4n) is 3.59. The van der Waals surface area contributed by atoms with Gasteiger partial charge in [-0.25, -0.2) is 13.8 Å². The Kier molecular flexibility index (Phi) is 5.04. The van der Waals surface area contributed by atoms with Crippen LogP contribution in [-0.4, -0.2) is 50.8 Å². The molecule has 28 heavy (non-hydrogen) atoms. The molecule has 0 atom stereocenters. The summed E-state index contributed by atoms with van der Waals surface area (Å²) >= 11 is 0. The summed E-state index contributed by atoms with van der Waals surface area (Å²) in [5.41, 5.74) is 2.77. The number of aryl methyl sites for hydroxylation is 2. The van der Waals surface area contributed by atoms with Crippen LogP contribution in [0.1, 0.15) is 11.3 Å². The molecular formula is C20H22F2N6. The standard InChI is InChI=1S/C20H22F2N6/c1-14-15(12-26(2)25-14)13-27-7-9-28(10-8-27)20-19(23-5-6-24-20)17-11-16(21)3-4-18(17)22/h3-6,11-12H,7-10,13H2,1-2H3. The van der Waals surface area contributed by atoms with Gasteiger partial charge in [0.2, 0.25) is 0 Å². The number of nitrogens with zero attached hydrogens (tertiary/aromatic N) is 6. The van der Waals surface area contributed by atoms with E-state index in [9.17, 15) is 8.78 Å². The second-order valence-electron chi connectivity index (χ2n) is 7.03. The van der Waals surface area contributed by atoms with Crippen LogP contribution in [0.5, 0.6) is 0 Å². The molecule has 6 nitrogen and oxygen atoms in total. The van der Waals surface area contributed by atoms with E-state index < -0.39 is 11.6 Å². The third-order valence-electron chi connectivity index (χ3n) is 5.04. The van der Waals surface area contributed by atoms with E-state index in [1.807, 2.05) is 18.7 Å². The van der Waals surface area contributed by atoms with E-state index in [0.717, 1.165) is 50.6 Å². The van der Waals surface area contributed by atoms with Crippen molar-refractivity contribution in [2.24, 2.45) is 7.05 Å². The number of benzene rings is 1. The first-order valence-electron chi connectivity index (χ1n) is 9.24. The number of aromatic nitrogens is 4. The number of piperazine rings is 1. The van der Waals surface area contributed by atoms with Crippen molar-refractivity contribution in [1.29, 1.82) is 0 Å². The molecular weight excluding hydrogens is 362 g/mol. The molecule has 1 aliphatic rings. The summed E-state index contributed by atoms with van der Waals surface area (Å²) in [5, 5.41) is 4.39. The van der Waals surface area contributed by atoms with Gasteiger partial charge in [-0.2, -0.15) is 5.10 Å². The third-order valence-corrected chi connectivity index (χ3v) is 5.04. The molecule has 0 aliphatic carbocycles. The fraction of sp³-hybridized carbons (Fsp3) is 0.350. The van der Waals surface area contributed by atoms with Crippen molar-refractivity contribution >= 4 is 5.82 Å². The second-order valence-corrected chi connectivity index (χ2v) is 7.03. The zero-order valence-corrected chi connectivity index (χ0v) is 15.9. The molecule has 0 unspecified atom stereocenters. The lowest BCUT2D eigenvalue weighted by molar-refractivity contribution is 0.249. The first kappa shape index (κ1) is 18.5. The van der Waals surface area contributed by atoms with Crippen molar-refractivity contribution in [2.45, 2.75) is 13.5 Å². The van der Waals surface area contributed by atoms with Crippen LogP contribution < -0.4 is 4.90 Å². The molecule has 3 heterocycles. The van der Waals surface area contributed by atoms with Gasteiger partial charge in [-0.05, 0) is 25.1 Å². The van der Waals surface area contributed by atoms with Gasteiger partial charge < -0.3 is 4.90 Å². The predicted octanol–water partition coefficient (Wildman–Crippen LogP) is 2.79. The Morgan fingerprint density at radius 1 is 1.04 bits per heavy atom. The van der Waals surface area contributed by atoms with Crippen LogP contribution in [-0.2, 0) is 13.6 Å². The van der Waals surface area contributed by atoms with Crippen LogP contribution in [0, 0.1) is 18.6 Å². The highest BCUT2D eigenvalue weighted by Crippen LogP contribution is 2.30. The van der Waals surface area contributed by atoms with Gasteiger partial charge >= 0.3 is 0 Å². The second kappa shape index (κ2) is 7.63. The summed E-state index contributed by atoms with van der Waals surface area (Å²) in [7, 11) is 1.93. The van der Waals surface area contributed by atoms with Gasteiger partial charge in [0, 0.05) is 69.5 Å². The van der Waals surface area contributed by atoms with E-state index in [4.69, 9.17) is 0 Å². The first-order chi connectivity index (χ1) is 13.5. The molecule has 0 bridgehead atoms. The van der Waals surface area contributed by atoms with Crippen LogP contribution in [0.15, 0.2) is 36.8 Å². The first-order valence-corrected chi connectivity index (χ1v) is 9.24. The lowest BCUT2D eigenvalue weighted by atomic mass is 10.1. The van der Waals surface area contributed by atoms with Crippen molar-refractivity contribution < 1.29 is 8.78 Å². The average molecular weight is 384 g/mol. The number of hydrogen-bond acceptors (Lipinski definition) is 5. The van der Waals surface area contributed by atoms with E-state index in [1.165, 1.54) is 17.8 Å². The van der Waals surface area contributed by atoms with Gasteiger partial charge in [-0.15, -0.1) is 0 Å². The lowest BCUT2D eigenvalue weighted by Crippen LogP contribution is -2.46. The minimum absolute atomic E-state index is 0.136. The Balaban J connectivity index is 1.51. The highest BCUT2D eigenvalue weighted by Gasteiger charge is 2.23. The van der Waals surface area contributed by atoms with Gasteiger partial charge in [0.25, 0.3) is 0 Å². The Hall–Kier alpha value is -2.87. The molecule has 3 aromatic rings.